The molecule has 1 rings (SSSR count). The molecule has 2 N–H and O–H groups in total. The van der Waals surface area contributed by atoms with Gasteiger partial charge in [0, 0.05) is 13.2 Å². The van der Waals surface area contributed by atoms with Crippen molar-refractivity contribution >= 4 is 12.0 Å². The summed E-state index contributed by atoms with van der Waals surface area (Å²) >= 11 is 0. The average Bonchev–Trinajstić information content (AvgIpc) is 2.45. The molecule has 0 saturated carbocycles. The van der Waals surface area contributed by atoms with E-state index in [1.165, 1.54) is 4.90 Å². The Morgan fingerprint density at radius 3 is 2.45 bits per heavy atom. The van der Waals surface area contributed by atoms with Crippen LogP contribution >= 0.6 is 0 Å². The van der Waals surface area contributed by atoms with E-state index in [4.69, 9.17) is 0 Å². The topological polar surface area (TPSA) is 82.5 Å². The number of aliphatic carboxylic acids is 1. The normalized spacial score (nSPS) is 10.9. The Hall–Kier alpha value is -2.11. The van der Waals surface area contributed by atoms with Gasteiger partial charge in [0.2, 0.25) is 0 Å². The molecule has 6 nitrogen and oxygen atoms in total. The van der Waals surface area contributed by atoms with E-state index in [9.17, 15) is 14.7 Å². The first-order valence-electron chi connectivity index (χ1n) is 6.61. The number of hydrogen-bond acceptors (Lipinski definition) is 3. The van der Waals surface area contributed by atoms with Crippen LogP contribution in [0.15, 0.2) is 24.4 Å². The minimum absolute atomic E-state index is 0.329. The predicted molar refractivity (Wildman–Crippen MR) is 75.2 cm³/mol. The summed E-state index contributed by atoms with van der Waals surface area (Å²) in [5.41, 5.74) is -0.464. The Labute approximate surface area is 118 Å². The summed E-state index contributed by atoms with van der Waals surface area (Å²) in [5.74, 6) is -1.01. The zero-order valence-corrected chi connectivity index (χ0v) is 12.1. The summed E-state index contributed by atoms with van der Waals surface area (Å²) < 4.78 is 0. The molecule has 0 aliphatic rings. The largest absolute Gasteiger partial charge is 0.480 e. The third-order valence-electron chi connectivity index (χ3n) is 3.43. The molecule has 20 heavy (non-hydrogen) atoms. The highest BCUT2D eigenvalue weighted by atomic mass is 16.4. The van der Waals surface area contributed by atoms with Gasteiger partial charge in [0.15, 0.2) is 0 Å². The Kier molecular flexibility index (Phi) is 5.49. The molecule has 0 aliphatic heterocycles. The van der Waals surface area contributed by atoms with Crippen LogP contribution < -0.4 is 5.32 Å². The molecular weight excluding hydrogens is 258 g/mol. The molecule has 0 bridgehead atoms. The van der Waals surface area contributed by atoms with Crippen molar-refractivity contribution in [1.82, 2.24) is 15.2 Å². The van der Waals surface area contributed by atoms with E-state index in [0.29, 0.717) is 19.4 Å². The van der Waals surface area contributed by atoms with E-state index in [1.807, 2.05) is 12.1 Å². The molecule has 2 amide bonds. The average molecular weight is 279 g/mol. The number of rotatable bonds is 6. The van der Waals surface area contributed by atoms with Crippen LogP contribution in [0.4, 0.5) is 4.79 Å². The van der Waals surface area contributed by atoms with Crippen molar-refractivity contribution in [3.8, 4) is 0 Å². The second kappa shape index (κ2) is 6.88. The van der Waals surface area contributed by atoms with E-state index in [0.717, 1.165) is 5.69 Å². The van der Waals surface area contributed by atoms with Crippen LogP contribution in [0.5, 0.6) is 0 Å². The Balaban J connectivity index is 2.72. The van der Waals surface area contributed by atoms with Crippen LogP contribution in [0.3, 0.4) is 0 Å². The molecule has 1 aromatic heterocycles. The van der Waals surface area contributed by atoms with Gasteiger partial charge in [-0.1, -0.05) is 19.9 Å². The fraction of sp³-hybridized carbons (Fsp3) is 0.500. The highest BCUT2D eigenvalue weighted by Crippen LogP contribution is 2.16. The van der Waals surface area contributed by atoms with Crippen molar-refractivity contribution in [3.63, 3.8) is 0 Å². The highest BCUT2D eigenvalue weighted by molar-refractivity contribution is 5.86. The van der Waals surface area contributed by atoms with Crippen molar-refractivity contribution in [2.24, 2.45) is 0 Å². The molecule has 0 spiro atoms. The van der Waals surface area contributed by atoms with Crippen molar-refractivity contribution < 1.29 is 14.7 Å². The van der Waals surface area contributed by atoms with E-state index >= 15 is 0 Å². The molecule has 0 unspecified atom stereocenters. The van der Waals surface area contributed by atoms with Crippen molar-refractivity contribution in [3.05, 3.63) is 30.1 Å². The molecule has 1 heterocycles. The van der Waals surface area contributed by atoms with E-state index < -0.39 is 17.5 Å². The summed E-state index contributed by atoms with van der Waals surface area (Å²) in [6, 6.07) is 5.04. The summed E-state index contributed by atoms with van der Waals surface area (Å²) in [6.07, 6.45) is 2.32. The number of pyridine rings is 1. The number of nitrogens with one attached hydrogen (secondary N) is 1. The maximum atomic E-state index is 12.1. The van der Waals surface area contributed by atoms with Gasteiger partial charge in [0.25, 0.3) is 0 Å². The minimum Gasteiger partial charge on any atom is -0.480 e. The van der Waals surface area contributed by atoms with Crippen molar-refractivity contribution in [1.29, 1.82) is 0 Å². The standard InChI is InChI=1S/C14H21N3O3/c1-4-14(5-2,12(18)19)16-13(20)17(3)10-11-8-6-7-9-15-11/h6-9H,4-5,10H2,1-3H3,(H,16,20)(H,18,19). The second-order valence-corrected chi connectivity index (χ2v) is 4.70. The zero-order chi connectivity index (χ0) is 15.2. The first-order valence-corrected chi connectivity index (χ1v) is 6.61. The van der Waals surface area contributed by atoms with E-state index in [2.05, 4.69) is 10.3 Å². The first kappa shape index (κ1) is 15.9. The Morgan fingerprint density at radius 1 is 1.35 bits per heavy atom. The summed E-state index contributed by atoms with van der Waals surface area (Å²) in [7, 11) is 1.61. The maximum Gasteiger partial charge on any atom is 0.329 e. The van der Waals surface area contributed by atoms with Gasteiger partial charge in [0.05, 0.1) is 12.2 Å². The lowest BCUT2D eigenvalue weighted by molar-refractivity contribution is -0.144. The quantitative estimate of drug-likeness (QED) is 0.832. The number of urea groups is 1. The molecule has 0 fully saturated rings. The van der Waals surface area contributed by atoms with Crippen LogP contribution in [0.25, 0.3) is 0 Å². The van der Waals surface area contributed by atoms with Crippen molar-refractivity contribution in [2.45, 2.75) is 38.8 Å². The molecule has 0 atom stereocenters. The molecule has 0 aromatic carbocycles. The lowest BCUT2D eigenvalue weighted by Crippen LogP contribution is -2.56. The van der Waals surface area contributed by atoms with Gasteiger partial charge in [-0.3, -0.25) is 4.98 Å². The number of aromatic nitrogens is 1. The number of carbonyl (C=O) groups is 2. The third-order valence-corrected chi connectivity index (χ3v) is 3.43. The predicted octanol–water partition coefficient (Wildman–Crippen LogP) is 1.87. The van der Waals surface area contributed by atoms with Crippen LogP contribution in [-0.4, -0.2) is 39.6 Å². The lowest BCUT2D eigenvalue weighted by atomic mass is 9.93. The lowest BCUT2D eigenvalue weighted by Gasteiger charge is -2.30. The fourth-order valence-electron chi connectivity index (χ4n) is 1.89. The van der Waals surface area contributed by atoms with Gasteiger partial charge >= 0.3 is 12.0 Å². The molecule has 0 aliphatic carbocycles. The minimum atomic E-state index is -1.21. The third kappa shape index (κ3) is 3.69. The van der Waals surface area contributed by atoms with Gasteiger partial charge < -0.3 is 15.3 Å². The molecule has 6 heteroatoms. The molecule has 1 aromatic rings. The van der Waals surface area contributed by atoms with Gasteiger partial charge in [-0.15, -0.1) is 0 Å². The van der Waals surface area contributed by atoms with Gasteiger partial charge in [-0.05, 0) is 25.0 Å². The van der Waals surface area contributed by atoms with Crippen LogP contribution in [0.1, 0.15) is 32.4 Å². The zero-order valence-electron chi connectivity index (χ0n) is 12.1. The number of hydrogen-bond donors (Lipinski definition) is 2. The summed E-state index contributed by atoms with van der Waals surface area (Å²) in [4.78, 5) is 29.0. The monoisotopic (exact) mass is 279 g/mol. The van der Waals surface area contributed by atoms with E-state index in [1.54, 1.807) is 33.2 Å². The smallest absolute Gasteiger partial charge is 0.329 e. The Morgan fingerprint density at radius 2 is 2.00 bits per heavy atom. The van der Waals surface area contributed by atoms with Gasteiger partial charge in [-0.25, -0.2) is 9.59 Å². The van der Waals surface area contributed by atoms with Crippen LogP contribution in [0, 0.1) is 0 Å². The fourth-order valence-corrected chi connectivity index (χ4v) is 1.89. The molecule has 0 saturated heterocycles. The van der Waals surface area contributed by atoms with Gasteiger partial charge in [-0.2, -0.15) is 0 Å². The van der Waals surface area contributed by atoms with Crippen LogP contribution in [0.2, 0.25) is 0 Å². The van der Waals surface area contributed by atoms with Crippen molar-refractivity contribution in [2.75, 3.05) is 7.05 Å². The summed E-state index contributed by atoms with van der Waals surface area (Å²) in [6.45, 7) is 3.82. The summed E-state index contributed by atoms with van der Waals surface area (Å²) in [5, 5.41) is 11.9. The first-order chi connectivity index (χ1) is 9.45. The number of carboxylic acid groups (broad SMARTS) is 1. The maximum absolute atomic E-state index is 12.1. The Bertz CT molecular complexity index is 458. The van der Waals surface area contributed by atoms with Gasteiger partial charge in [0.1, 0.15) is 5.54 Å². The number of amides is 2. The van der Waals surface area contributed by atoms with E-state index in [-0.39, 0.29) is 0 Å². The molecule has 110 valence electrons. The number of carbonyl (C=O) groups excluding carboxylic acids is 1. The molecular formula is C14H21N3O3. The SMILES string of the molecule is CCC(CC)(NC(=O)N(C)Cc1ccccn1)C(=O)O. The highest BCUT2D eigenvalue weighted by Gasteiger charge is 2.37. The number of carboxylic acids is 1. The molecule has 0 radical (unpaired) electrons. The van der Waals surface area contributed by atoms with Crippen LogP contribution in [-0.2, 0) is 11.3 Å². The number of nitrogens with zero attached hydrogens (tertiary/aromatic N) is 2. The second-order valence-electron chi connectivity index (χ2n) is 4.70.